The molecule has 0 N–H and O–H groups in total. The Hall–Kier alpha value is -3.54. The first-order chi connectivity index (χ1) is 16.2. The molecule has 2 aliphatic heterocycles. The lowest BCUT2D eigenvalue weighted by molar-refractivity contribution is 0.00819. The average molecular weight is 459 g/mol. The van der Waals surface area contributed by atoms with Gasteiger partial charge in [0.25, 0.3) is 5.91 Å². The number of amides is 2. The first-order valence-corrected chi connectivity index (χ1v) is 11.7. The van der Waals surface area contributed by atoms with Crippen LogP contribution in [0, 0.1) is 0 Å². The second kappa shape index (κ2) is 8.35. The summed E-state index contributed by atoms with van der Waals surface area (Å²) in [6, 6.07) is 18.1. The Morgan fingerprint density at radius 3 is 2.53 bits per heavy atom. The van der Waals surface area contributed by atoms with Crippen molar-refractivity contribution in [3.8, 4) is 5.75 Å². The van der Waals surface area contributed by atoms with Gasteiger partial charge >= 0.3 is 6.09 Å². The van der Waals surface area contributed by atoms with Crippen molar-refractivity contribution in [2.45, 2.75) is 38.7 Å². The third-order valence-corrected chi connectivity index (χ3v) is 6.55. The maximum Gasteiger partial charge on any atom is 0.410 e. The molecule has 0 radical (unpaired) electrons. The van der Waals surface area contributed by atoms with Crippen LogP contribution in [0.2, 0.25) is 0 Å². The van der Waals surface area contributed by atoms with Gasteiger partial charge in [-0.2, -0.15) is 0 Å². The van der Waals surface area contributed by atoms with Crippen LogP contribution in [0.5, 0.6) is 5.75 Å². The first-order valence-electron chi connectivity index (χ1n) is 11.7. The van der Waals surface area contributed by atoms with Crippen LogP contribution in [-0.2, 0) is 11.2 Å². The SMILES string of the molecule is COc1cc(N2CCc3cc(C4CN(C(=O)OC(C)(C)C)C4)ccc3C2=O)c2ccccc2c1. The number of likely N-dealkylation sites (tertiary alicyclic amines) is 1. The van der Waals surface area contributed by atoms with Crippen LogP contribution >= 0.6 is 0 Å². The van der Waals surface area contributed by atoms with Crippen LogP contribution in [0.4, 0.5) is 10.5 Å². The average Bonchev–Trinajstić information content (AvgIpc) is 2.76. The van der Waals surface area contributed by atoms with E-state index < -0.39 is 5.60 Å². The lowest BCUT2D eigenvalue weighted by Crippen LogP contribution is -2.50. The van der Waals surface area contributed by atoms with Gasteiger partial charge in [-0.05, 0) is 55.8 Å². The number of carbonyl (C=O) groups is 2. The monoisotopic (exact) mass is 458 g/mol. The maximum atomic E-state index is 13.5. The number of carbonyl (C=O) groups excluding carboxylic acids is 2. The van der Waals surface area contributed by atoms with Gasteiger partial charge in [-0.25, -0.2) is 4.79 Å². The summed E-state index contributed by atoms with van der Waals surface area (Å²) in [6.45, 7) is 7.52. The highest BCUT2D eigenvalue weighted by Crippen LogP contribution is 2.36. The molecule has 176 valence electrons. The van der Waals surface area contributed by atoms with Crippen LogP contribution in [0.15, 0.2) is 54.6 Å². The summed E-state index contributed by atoms with van der Waals surface area (Å²) in [5.74, 6) is 1.02. The van der Waals surface area contributed by atoms with Gasteiger partial charge in [0.05, 0.1) is 12.8 Å². The van der Waals surface area contributed by atoms with Crippen molar-refractivity contribution in [2.24, 2.45) is 0 Å². The van der Waals surface area contributed by atoms with Crippen LogP contribution in [0.25, 0.3) is 10.8 Å². The van der Waals surface area contributed by atoms with Gasteiger partial charge in [-0.1, -0.05) is 36.4 Å². The number of hydrogen-bond donors (Lipinski definition) is 0. The van der Waals surface area contributed by atoms with Gasteiger partial charge < -0.3 is 19.3 Å². The molecule has 0 bridgehead atoms. The second-order valence-corrected chi connectivity index (χ2v) is 10.1. The summed E-state index contributed by atoms with van der Waals surface area (Å²) in [6.07, 6.45) is 0.515. The molecule has 0 aromatic heterocycles. The molecule has 34 heavy (non-hydrogen) atoms. The molecule has 3 aromatic carbocycles. The Morgan fingerprint density at radius 1 is 1.03 bits per heavy atom. The minimum Gasteiger partial charge on any atom is -0.497 e. The summed E-state index contributed by atoms with van der Waals surface area (Å²) in [4.78, 5) is 29.4. The molecule has 2 amide bonds. The molecule has 1 saturated heterocycles. The molecule has 0 saturated carbocycles. The van der Waals surface area contributed by atoms with Crippen molar-refractivity contribution in [2.75, 3.05) is 31.6 Å². The molecule has 0 spiro atoms. The zero-order chi connectivity index (χ0) is 24.0. The van der Waals surface area contributed by atoms with Gasteiger partial charge in [0.2, 0.25) is 0 Å². The lowest BCUT2D eigenvalue weighted by atomic mass is 9.87. The maximum absolute atomic E-state index is 13.5. The van der Waals surface area contributed by atoms with Gasteiger partial charge in [0.15, 0.2) is 0 Å². The highest BCUT2D eigenvalue weighted by Gasteiger charge is 2.35. The Morgan fingerprint density at radius 2 is 1.79 bits per heavy atom. The van der Waals surface area contributed by atoms with Crippen LogP contribution in [0.3, 0.4) is 0 Å². The summed E-state index contributed by atoms with van der Waals surface area (Å²) in [5.41, 5.74) is 3.37. The quantitative estimate of drug-likeness (QED) is 0.528. The number of methoxy groups -OCH3 is 1. The molecule has 0 aliphatic carbocycles. The zero-order valence-corrected chi connectivity index (χ0v) is 20.1. The Kier molecular flexibility index (Phi) is 5.47. The lowest BCUT2D eigenvalue weighted by Gasteiger charge is -2.40. The predicted molar refractivity (Wildman–Crippen MR) is 133 cm³/mol. The van der Waals surface area contributed by atoms with Crippen molar-refractivity contribution in [3.63, 3.8) is 0 Å². The normalized spacial score (nSPS) is 16.3. The first kappa shape index (κ1) is 22.3. The third-order valence-electron chi connectivity index (χ3n) is 6.55. The molecule has 0 atom stereocenters. The fourth-order valence-corrected chi connectivity index (χ4v) is 4.76. The van der Waals surface area contributed by atoms with Gasteiger partial charge in [-0.15, -0.1) is 0 Å². The number of ether oxygens (including phenoxy) is 2. The van der Waals surface area contributed by atoms with E-state index in [9.17, 15) is 9.59 Å². The largest absolute Gasteiger partial charge is 0.497 e. The van der Waals surface area contributed by atoms with E-state index in [2.05, 4.69) is 6.07 Å². The highest BCUT2D eigenvalue weighted by atomic mass is 16.6. The van der Waals surface area contributed by atoms with Crippen molar-refractivity contribution in [3.05, 3.63) is 71.3 Å². The molecular weight excluding hydrogens is 428 g/mol. The minimum atomic E-state index is -0.492. The van der Waals surface area contributed by atoms with E-state index in [1.54, 1.807) is 12.0 Å². The Balaban J connectivity index is 1.35. The summed E-state index contributed by atoms with van der Waals surface area (Å²) in [5, 5.41) is 2.08. The van der Waals surface area contributed by atoms with Crippen LogP contribution in [0.1, 0.15) is 48.2 Å². The standard InChI is InChI=1S/C28H30N2O4/c1-28(2,3)34-27(32)29-16-21(17-29)18-9-10-24-20(13-18)11-12-30(26(24)31)25-15-22(33-4)14-19-7-5-6-8-23(19)25/h5-10,13-15,21H,11-12,16-17H2,1-4H3. The number of nitrogens with zero attached hydrogens (tertiary/aromatic N) is 2. The second-order valence-electron chi connectivity index (χ2n) is 10.1. The van der Waals surface area contributed by atoms with Crippen molar-refractivity contribution in [1.29, 1.82) is 0 Å². The third kappa shape index (κ3) is 4.09. The molecule has 6 heteroatoms. The fraction of sp³-hybridized carbons (Fsp3) is 0.357. The zero-order valence-electron chi connectivity index (χ0n) is 20.1. The van der Waals surface area contributed by atoms with Gasteiger partial charge in [-0.3, -0.25) is 4.79 Å². The molecule has 1 fully saturated rings. The number of anilines is 1. The molecule has 0 unspecified atom stereocenters. The van der Waals surface area contributed by atoms with E-state index in [1.807, 2.05) is 74.2 Å². The Labute approximate surface area is 200 Å². The summed E-state index contributed by atoms with van der Waals surface area (Å²) in [7, 11) is 1.65. The highest BCUT2D eigenvalue weighted by molar-refractivity contribution is 6.12. The van der Waals surface area contributed by atoms with E-state index in [4.69, 9.17) is 9.47 Å². The molecule has 6 nitrogen and oxygen atoms in total. The van der Waals surface area contributed by atoms with Gasteiger partial charge in [0, 0.05) is 42.6 Å². The predicted octanol–water partition coefficient (Wildman–Crippen LogP) is 5.39. The smallest absolute Gasteiger partial charge is 0.410 e. The van der Waals surface area contributed by atoms with Crippen LogP contribution < -0.4 is 9.64 Å². The fourth-order valence-electron chi connectivity index (χ4n) is 4.76. The number of rotatable bonds is 3. The van der Waals surface area contributed by atoms with E-state index in [0.29, 0.717) is 19.6 Å². The van der Waals surface area contributed by atoms with E-state index in [1.165, 1.54) is 5.56 Å². The topological polar surface area (TPSA) is 59.1 Å². The number of fused-ring (bicyclic) bond motifs is 2. The molecular formula is C28H30N2O4. The van der Waals surface area contributed by atoms with Crippen molar-refractivity contribution < 1.29 is 19.1 Å². The van der Waals surface area contributed by atoms with Crippen molar-refractivity contribution in [1.82, 2.24) is 4.90 Å². The van der Waals surface area contributed by atoms with E-state index in [0.717, 1.165) is 39.8 Å². The van der Waals surface area contributed by atoms with E-state index >= 15 is 0 Å². The molecule has 2 heterocycles. The Bertz CT molecular complexity index is 1270. The van der Waals surface area contributed by atoms with E-state index in [-0.39, 0.29) is 17.9 Å². The number of hydrogen-bond acceptors (Lipinski definition) is 4. The van der Waals surface area contributed by atoms with Crippen molar-refractivity contribution >= 4 is 28.5 Å². The molecule has 3 aromatic rings. The summed E-state index contributed by atoms with van der Waals surface area (Å²) >= 11 is 0. The van der Waals surface area contributed by atoms with Gasteiger partial charge in [0.1, 0.15) is 11.4 Å². The number of benzene rings is 3. The molecule has 2 aliphatic rings. The minimum absolute atomic E-state index is 0.00944. The van der Waals surface area contributed by atoms with Crippen LogP contribution in [-0.4, -0.2) is 49.2 Å². The molecule has 5 rings (SSSR count). The summed E-state index contributed by atoms with van der Waals surface area (Å²) < 4.78 is 11.0.